The van der Waals surface area contributed by atoms with Crippen LogP contribution in [0.4, 0.5) is 0 Å². The first-order chi connectivity index (χ1) is 14.0. The molecule has 2 saturated carbocycles. The molecule has 0 spiro atoms. The quantitative estimate of drug-likeness (QED) is 0.636. The van der Waals surface area contributed by atoms with Crippen LogP contribution in [0.2, 0.25) is 0 Å². The van der Waals surface area contributed by atoms with E-state index >= 15 is 0 Å². The Balaban J connectivity index is 1.42. The van der Waals surface area contributed by atoms with E-state index in [0.29, 0.717) is 12.0 Å². The fraction of sp³-hybridized carbons (Fsp3) is 0.913. The van der Waals surface area contributed by atoms with E-state index in [-0.39, 0.29) is 18.0 Å². The number of aliphatic hydroxyl groups is 1. The van der Waals surface area contributed by atoms with Gasteiger partial charge in [0.05, 0.1) is 6.10 Å². The molecule has 6 heteroatoms. The van der Waals surface area contributed by atoms with Crippen LogP contribution in [-0.4, -0.2) is 64.6 Å². The molecule has 29 heavy (non-hydrogen) atoms. The summed E-state index contributed by atoms with van der Waals surface area (Å²) in [5, 5.41) is 21.5. The fourth-order valence-corrected chi connectivity index (χ4v) is 6.49. The number of likely N-dealkylation sites (tertiary alicyclic amines) is 1. The summed E-state index contributed by atoms with van der Waals surface area (Å²) in [5.41, 5.74) is -0.569. The Hall–Kier alpha value is -1.14. The number of hydrogen-bond donors (Lipinski definition) is 3. The monoisotopic (exact) mass is 404 g/mol. The Morgan fingerprint density at radius 1 is 1.10 bits per heavy atom. The van der Waals surface area contributed by atoms with Gasteiger partial charge in [0.1, 0.15) is 5.54 Å². The summed E-state index contributed by atoms with van der Waals surface area (Å²) in [6.07, 6.45) is 15.0. The molecule has 1 amide bonds. The summed E-state index contributed by atoms with van der Waals surface area (Å²) in [6, 6.07) is 0.551. The van der Waals surface area contributed by atoms with Gasteiger partial charge in [-0.05, 0) is 50.4 Å². The lowest BCUT2D eigenvalue weighted by atomic mass is 9.74. The normalized spacial score (nSPS) is 37.3. The maximum atomic E-state index is 13.2. The summed E-state index contributed by atoms with van der Waals surface area (Å²) in [6.45, 7) is 1.82. The molecule has 4 fully saturated rings. The van der Waals surface area contributed by atoms with Crippen molar-refractivity contribution in [3.05, 3.63) is 0 Å². The van der Waals surface area contributed by atoms with E-state index in [1.54, 1.807) is 7.05 Å². The summed E-state index contributed by atoms with van der Waals surface area (Å²) in [7, 11) is 1.75. The van der Waals surface area contributed by atoms with E-state index in [4.69, 9.17) is 5.41 Å². The molecule has 6 nitrogen and oxygen atoms in total. The molecule has 2 heterocycles. The Morgan fingerprint density at radius 2 is 1.86 bits per heavy atom. The number of amides is 1. The van der Waals surface area contributed by atoms with E-state index in [1.165, 1.54) is 56.3 Å². The van der Waals surface area contributed by atoms with E-state index in [0.717, 1.165) is 51.1 Å². The van der Waals surface area contributed by atoms with Crippen LogP contribution in [0.3, 0.4) is 0 Å². The van der Waals surface area contributed by atoms with Crippen LogP contribution in [-0.2, 0) is 4.79 Å². The van der Waals surface area contributed by atoms with E-state index < -0.39 is 5.54 Å². The molecule has 4 aliphatic rings. The van der Waals surface area contributed by atoms with E-state index in [2.05, 4.69) is 10.2 Å². The number of nitrogens with one attached hydrogen (secondary N) is 2. The summed E-state index contributed by atoms with van der Waals surface area (Å²) >= 11 is 0. The van der Waals surface area contributed by atoms with Crippen LogP contribution in [0.25, 0.3) is 0 Å². The molecule has 4 rings (SSSR count). The van der Waals surface area contributed by atoms with Gasteiger partial charge in [-0.15, -0.1) is 0 Å². The lowest BCUT2D eigenvalue weighted by molar-refractivity contribution is -0.131. The third kappa shape index (κ3) is 4.63. The van der Waals surface area contributed by atoms with Gasteiger partial charge in [-0.25, -0.2) is 0 Å². The van der Waals surface area contributed by atoms with E-state index in [9.17, 15) is 9.90 Å². The first-order valence-electron chi connectivity index (χ1n) is 12.0. The van der Waals surface area contributed by atoms with Crippen molar-refractivity contribution in [1.82, 2.24) is 15.1 Å². The molecule has 4 atom stereocenters. The van der Waals surface area contributed by atoms with Gasteiger partial charge in [-0.1, -0.05) is 44.9 Å². The van der Waals surface area contributed by atoms with Crippen molar-refractivity contribution in [3.63, 3.8) is 0 Å². The number of carbonyl (C=O) groups excluding carboxylic acids is 1. The lowest BCUT2D eigenvalue weighted by Crippen LogP contribution is -2.50. The Labute approximate surface area is 175 Å². The molecule has 2 saturated heterocycles. The molecule has 0 bridgehead atoms. The van der Waals surface area contributed by atoms with Crippen molar-refractivity contribution in [3.8, 4) is 0 Å². The average Bonchev–Trinajstić information content (AvgIpc) is 3.25. The van der Waals surface area contributed by atoms with Gasteiger partial charge in [0.2, 0.25) is 0 Å². The molecule has 164 valence electrons. The second-order valence-electron chi connectivity index (χ2n) is 10.3. The van der Waals surface area contributed by atoms with Gasteiger partial charge in [-0.3, -0.25) is 20.0 Å². The summed E-state index contributed by atoms with van der Waals surface area (Å²) in [4.78, 5) is 17.2. The maximum Gasteiger partial charge on any atom is 0.254 e. The van der Waals surface area contributed by atoms with Gasteiger partial charge in [0, 0.05) is 26.2 Å². The topological polar surface area (TPSA) is 79.7 Å². The highest BCUT2D eigenvalue weighted by atomic mass is 16.3. The zero-order chi connectivity index (χ0) is 20.4. The third-order valence-corrected chi connectivity index (χ3v) is 8.21. The number of carbonyl (C=O) groups is 1. The summed E-state index contributed by atoms with van der Waals surface area (Å²) in [5.74, 6) is 1.65. The minimum atomic E-state index is -0.569. The molecule has 0 aromatic rings. The van der Waals surface area contributed by atoms with Crippen molar-refractivity contribution in [2.45, 2.75) is 101 Å². The molecular weight excluding hydrogens is 364 g/mol. The van der Waals surface area contributed by atoms with E-state index in [1.807, 2.05) is 0 Å². The average molecular weight is 405 g/mol. The number of rotatable bonds is 6. The smallest absolute Gasteiger partial charge is 0.254 e. The Kier molecular flexibility index (Phi) is 6.50. The first kappa shape index (κ1) is 21.1. The lowest BCUT2D eigenvalue weighted by Gasteiger charge is -2.39. The highest BCUT2D eigenvalue weighted by Crippen LogP contribution is 2.39. The molecule has 0 aromatic heterocycles. The highest BCUT2D eigenvalue weighted by molar-refractivity contribution is 6.07. The van der Waals surface area contributed by atoms with Crippen molar-refractivity contribution in [2.75, 3.05) is 20.1 Å². The highest BCUT2D eigenvalue weighted by Gasteiger charge is 2.49. The second-order valence-corrected chi connectivity index (χ2v) is 10.3. The van der Waals surface area contributed by atoms with Gasteiger partial charge >= 0.3 is 0 Å². The summed E-state index contributed by atoms with van der Waals surface area (Å²) < 4.78 is 0. The number of guanidine groups is 1. The van der Waals surface area contributed by atoms with Crippen LogP contribution in [0.1, 0.15) is 83.5 Å². The Morgan fingerprint density at radius 3 is 2.52 bits per heavy atom. The number of nitrogens with zero attached hydrogens (tertiary/aromatic N) is 2. The molecule has 2 aliphatic heterocycles. The number of β-amino-alcohol motifs (C(OH)–C–C–N with tert-alkyl or cyclic N) is 1. The largest absolute Gasteiger partial charge is 0.392 e. The van der Waals surface area contributed by atoms with Gasteiger partial charge in [0.25, 0.3) is 5.91 Å². The number of likely N-dealkylation sites (N-methyl/N-ethyl adjacent to an activating group) is 1. The van der Waals surface area contributed by atoms with Crippen LogP contribution in [0.15, 0.2) is 0 Å². The predicted octanol–water partition coefficient (Wildman–Crippen LogP) is 3.10. The third-order valence-electron chi connectivity index (χ3n) is 8.21. The van der Waals surface area contributed by atoms with Crippen LogP contribution in [0, 0.1) is 17.2 Å². The zero-order valence-corrected chi connectivity index (χ0v) is 18.2. The van der Waals surface area contributed by atoms with Gasteiger partial charge in [-0.2, -0.15) is 0 Å². The molecule has 0 unspecified atom stereocenters. The molecule has 2 aliphatic carbocycles. The van der Waals surface area contributed by atoms with Gasteiger partial charge in [0.15, 0.2) is 5.96 Å². The zero-order valence-electron chi connectivity index (χ0n) is 18.2. The molecule has 0 aromatic carbocycles. The molecular formula is C23H40N4O2. The first-order valence-corrected chi connectivity index (χ1v) is 12.0. The number of hydrogen-bond acceptors (Lipinski definition) is 4. The van der Waals surface area contributed by atoms with Crippen LogP contribution >= 0.6 is 0 Å². The second kappa shape index (κ2) is 8.93. The number of aliphatic hydroxyl groups excluding tert-OH is 1. The van der Waals surface area contributed by atoms with Crippen molar-refractivity contribution >= 4 is 11.9 Å². The minimum absolute atomic E-state index is 0.108. The SMILES string of the molecule is CN1C(=N)N[C@](CCC2CCCCC2)(C[C@H]2CCC[C@H](N3CC[C@H](O)C3)C2)C1=O. The fourth-order valence-electron chi connectivity index (χ4n) is 6.49. The minimum Gasteiger partial charge on any atom is -0.392 e. The standard InChI is InChI=1S/C23H40N4O2/c1-26-21(29)23(25-22(26)24,12-10-17-6-3-2-4-7-17)15-18-8-5-9-19(14-18)27-13-11-20(28)16-27/h17-20,28H,2-16H2,1H3,(H2,24,25)/t18-,19-,20-,23+/m0/s1. The van der Waals surface area contributed by atoms with Crippen molar-refractivity contribution < 1.29 is 9.90 Å². The Bertz CT molecular complexity index is 606. The van der Waals surface area contributed by atoms with Crippen LogP contribution in [0.5, 0.6) is 0 Å². The van der Waals surface area contributed by atoms with Crippen LogP contribution < -0.4 is 5.32 Å². The van der Waals surface area contributed by atoms with Crippen molar-refractivity contribution in [2.24, 2.45) is 11.8 Å². The molecule has 3 N–H and O–H groups in total. The maximum absolute atomic E-state index is 13.2. The van der Waals surface area contributed by atoms with Gasteiger partial charge < -0.3 is 10.4 Å². The predicted molar refractivity (Wildman–Crippen MR) is 115 cm³/mol. The van der Waals surface area contributed by atoms with Crippen molar-refractivity contribution in [1.29, 1.82) is 5.41 Å². The molecule has 0 radical (unpaired) electrons.